The average molecular weight is 820 g/mol. The van der Waals surface area contributed by atoms with Crippen LogP contribution in [-0.4, -0.2) is 69.8 Å². The Hall–Kier alpha value is -4.76. The van der Waals surface area contributed by atoms with Crippen LogP contribution in [0.15, 0.2) is 71.7 Å². The molecule has 5 aromatic rings. The number of carbonyl (C=O) groups excluding carboxylic acids is 1. The van der Waals surface area contributed by atoms with Crippen LogP contribution in [0.25, 0.3) is 10.9 Å². The van der Waals surface area contributed by atoms with Gasteiger partial charge in [-0.05, 0) is 91.9 Å². The van der Waals surface area contributed by atoms with Gasteiger partial charge in [-0.2, -0.15) is 0 Å². The first-order valence-electron chi connectivity index (χ1n) is 22.3. The van der Waals surface area contributed by atoms with Crippen LogP contribution < -0.4 is 14.9 Å². The molecule has 0 saturated carbocycles. The van der Waals surface area contributed by atoms with Gasteiger partial charge in [-0.3, -0.25) is 14.5 Å². The Morgan fingerprint density at radius 2 is 1.18 bits per heavy atom. The van der Waals surface area contributed by atoms with E-state index >= 15 is 0 Å². The lowest BCUT2D eigenvalue weighted by atomic mass is 9.97. The summed E-state index contributed by atoms with van der Waals surface area (Å²) < 4.78 is 18.0. The third-order valence-electron chi connectivity index (χ3n) is 11.7. The van der Waals surface area contributed by atoms with E-state index in [1.807, 2.05) is 54.5 Å². The highest BCUT2D eigenvalue weighted by atomic mass is 16.6. The molecule has 3 aliphatic rings. The predicted molar refractivity (Wildman–Crippen MR) is 249 cm³/mol. The van der Waals surface area contributed by atoms with Gasteiger partial charge in [0.05, 0.1) is 5.52 Å². The van der Waals surface area contributed by atoms with Gasteiger partial charge in [-0.25, -0.2) is 0 Å². The number of hydrogen-bond donors (Lipinski definition) is 0. The molecule has 8 rings (SSSR count). The number of amides is 1. The van der Waals surface area contributed by atoms with Gasteiger partial charge in [-0.1, -0.05) is 93.5 Å². The van der Waals surface area contributed by atoms with Crippen LogP contribution in [0.2, 0.25) is 0 Å². The summed E-state index contributed by atoms with van der Waals surface area (Å²) in [5.41, 5.74) is 10.5. The number of carbonyl (C=O) groups is 1. The van der Waals surface area contributed by atoms with Crippen molar-refractivity contribution in [3.63, 3.8) is 0 Å². The fraction of sp³-hybridized carbons (Fsp3) is 0.529. The molecule has 0 saturated heterocycles. The molecule has 326 valence electrons. The quantitative estimate of drug-likeness (QED) is 0.171. The Morgan fingerprint density at radius 1 is 0.583 bits per heavy atom. The molecule has 0 fully saturated rings. The maximum Gasteiger partial charge on any atom is 0.270 e. The van der Waals surface area contributed by atoms with E-state index in [-0.39, 0.29) is 11.3 Å². The topological polar surface area (TPSA) is 73.9 Å². The van der Waals surface area contributed by atoms with Gasteiger partial charge >= 0.3 is 0 Å². The Balaban J connectivity index is 0.000000152. The highest BCUT2D eigenvalue weighted by Crippen LogP contribution is 2.37. The molecule has 0 radical (unpaired) electrons. The van der Waals surface area contributed by atoms with Gasteiger partial charge in [-0.15, -0.1) is 0 Å². The van der Waals surface area contributed by atoms with E-state index in [1.54, 1.807) is 17.3 Å². The van der Waals surface area contributed by atoms with E-state index in [1.165, 1.54) is 29.1 Å². The van der Waals surface area contributed by atoms with E-state index in [0.29, 0.717) is 48.8 Å². The molecule has 0 bridgehead atoms. The van der Waals surface area contributed by atoms with Crippen LogP contribution in [0.3, 0.4) is 0 Å². The normalized spacial score (nSPS) is 14.9. The fourth-order valence-corrected chi connectivity index (χ4v) is 8.65. The third kappa shape index (κ3) is 10.4. The molecule has 0 unspecified atom stereocenters. The van der Waals surface area contributed by atoms with Gasteiger partial charge in [0.1, 0.15) is 18.9 Å². The van der Waals surface area contributed by atoms with E-state index in [9.17, 15) is 9.59 Å². The minimum absolute atomic E-state index is 0.0949. The van der Waals surface area contributed by atoms with Crippen LogP contribution in [-0.2, 0) is 19.6 Å². The van der Waals surface area contributed by atoms with Crippen molar-refractivity contribution in [2.24, 2.45) is 0 Å². The number of nitrogens with zero attached hydrogens (tertiary/aromatic N) is 5. The van der Waals surface area contributed by atoms with Crippen molar-refractivity contribution >= 4 is 16.8 Å². The Morgan fingerprint density at radius 3 is 1.82 bits per heavy atom. The van der Waals surface area contributed by atoms with Crippen LogP contribution in [0.4, 0.5) is 0 Å². The summed E-state index contributed by atoms with van der Waals surface area (Å²) in [6.45, 7) is 33.1. The number of rotatable bonds is 6. The molecular formula is C51H73N5O4. The molecular weight excluding hydrogens is 747 g/mol. The molecule has 60 heavy (non-hydrogen) atoms. The Bertz CT molecular complexity index is 2270. The second-order valence-corrected chi connectivity index (χ2v) is 18.5. The zero-order valence-corrected chi connectivity index (χ0v) is 39.1. The van der Waals surface area contributed by atoms with Crippen molar-refractivity contribution in [3.8, 4) is 11.5 Å². The van der Waals surface area contributed by atoms with Crippen LogP contribution in [0.1, 0.15) is 163 Å². The number of ether oxygens (including phenoxy) is 2. The summed E-state index contributed by atoms with van der Waals surface area (Å²) in [4.78, 5) is 27.9. The van der Waals surface area contributed by atoms with Gasteiger partial charge in [0.2, 0.25) is 0 Å². The lowest BCUT2D eigenvalue weighted by Gasteiger charge is -2.27. The van der Waals surface area contributed by atoms with E-state index in [0.717, 1.165) is 54.3 Å². The monoisotopic (exact) mass is 820 g/mol. The largest absolute Gasteiger partial charge is 0.486 e. The molecule has 0 aliphatic carbocycles. The number of pyridine rings is 1. The molecule has 2 aromatic carbocycles. The summed E-state index contributed by atoms with van der Waals surface area (Å²) >= 11 is 0. The number of benzene rings is 2. The zero-order valence-electron chi connectivity index (χ0n) is 39.1. The van der Waals surface area contributed by atoms with Crippen molar-refractivity contribution in [2.75, 3.05) is 40.4 Å². The maximum atomic E-state index is 12.1. The van der Waals surface area contributed by atoms with Crippen LogP contribution in [0.5, 0.6) is 11.5 Å². The molecule has 0 spiro atoms. The van der Waals surface area contributed by atoms with Gasteiger partial charge in [0.25, 0.3) is 5.91 Å². The molecule has 3 aliphatic heterocycles. The van der Waals surface area contributed by atoms with Gasteiger partial charge < -0.3 is 28.1 Å². The summed E-state index contributed by atoms with van der Waals surface area (Å²) in [6.07, 6.45) is 1.86. The number of para-hydroxylation sites is 2. The van der Waals surface area contributed by atoms with Crippen molar-refractivity contribution in [1.82, 2.24) is 23.5 Å². The smallest absolute Gasteiger partial charge is 0.270 e. The second-order valence-electron chi connectivity index (χ2n) is 18.5. The lowest BCUT2D eigenvalue weighted by molar-refractivity contribution is 0.0747. The zero-order chi connectivity index (χ0) is 44.0. The Labute approximate surface area is 360 Å². The van der Waals surface area contributed by atoms with Crippen molar-refractivity contribution < 1.29 is 14.3 Å². The molecule has 3 aromatic heterocycles. The third-order valence-corrected chi connectivity index (χ3v) is 11.7. The number of fused-ring (bicyclic) bond motifs is 4. The van der Waals surface area contributed by atoms with E-state index < -0.39 is 0 Å². The number of aromatic nitrogens is 3. The number of hydrogen-bond acceptors (Lipinski definition) is 5. The molecule has 0 N–H and O–H groups in total. The van der Waals surface area contributed by atoms with E-state index in [4.69, 9.17) is 9.47 Å². The van der Waals surface area contributed by atoms with Crippen molar-refractivity contribution in [2.45, 2.75) is 138 Å². The molecule has 9 heteroatoms. The first-order chi connectivity index (χ1) is 28.4. The minimum Gasteiger partial charge on any atom is -0.486 e. The fourth-order valence-electron chi connectivity index (χ4n) is 8.65. The van der Waals surface area contributed by atoms with Crippen LogP contribution >= 0.6 is 0 Å². The summed E-state index contributed by atoms with van der Waals surface area (Å²) in [5.74, 6) is 4.68. The van der Waals surface area contributed by atoms with Crippen molar-refractivity contribution in [1.29, 1.82) is 0 Å². The van der Waals surface area contributed by atoms with Gasteiger partial charge in [0.15, 0.2) is 16.9 Å². The highest BCUT2D eigenvalue weighted by Gasteiger charge is 2.28. The lowest BCUT2D eigenvalue weighted by Crippen LogP contribution is -2.37. The summed E-state index contributed by atoms with van der Waals surface area (Å²) in [7, 11) is 4.09. The maximum absolute atomic E-state index is 12.1. The second kappa shape index (κ2) is 20.2. The first kappa shape index (κ1) is 46.3. The molecule has 9 nitrogen and oxygen atoms in total. The van der Waals surface area contributed by atoms with Crippen molar-refractivity contribution in [3.05, 3.63) is 117 Å². The molecule has 0 atom stereocenters. The minimum atomic E-state index is 0.0949. The standard InChI is InChI=1S/C14H22N2O.C14H24N2.C12H13NO.C11H14O2/c1-9(2)11-8-12-14(17)15(5)6-7-16(12)13(11)10(3)4;1-10(2)13-8-12-9-15(5)6-7-16(12)14(13)11(3)4;1-9(2)13-8-7-12(14)10-5-3-4-6-11(10)13;1-8(2)9-4-3-5-10-11(9)13-7-6-12-10/h8-10H,6-7H2,1-5H3;8,10-11H,6-7,9H2,1-5H3;3-9H,1-2H3;3-5,8H,6-7H2,1-2H3. The predicted octanol–water partition coefficient (Wildman–Crippen LogP) is 11.2. The van der Waals surface area contributed by atoms with Gasteiger partial charge in [0, 0.05) is 86.1 Å². The summed E-state index contributed by atoms with van der Waals surface area (Å²) in [6, 6.07) is 20.3. The average Bonchev–Trinajstić information content (AvgIpc) is 3.80. The highest BCUT2D eigenvalue weighted by molar-refractivity contribution is 5.94. The summed E-state index contributed by atoms with van der Waals surface area (Å²) in [5, 5.41) is 0.795. The first-order valence-corrected chi connectivity index (χ1v) is 22.3. The molecule has 6 heterocycles. The van der Waals surface area contributed by atoms with Crippen LogP contribution in [0, 0.1) is 0 Å². The Kier molecular flexibility index (Phi) is 15.6. The van der Waals surface area contributed by atoms with E-state index in [2.05, 4.69) is 127 Å². The SMILES string of the molecule is CC(C)c1cc2n(c1C(C)C)CCN(C)C2.CC(C)c1cc2n(c1C(C)C)CCN(C)C2=O.CC(C)c1cccc2c1OCCO2.CC(C)n1ccc(=O)c2ccccc21. The molecule has 1 amide bonds. The number of likely N-dealkylation sites (N-methyl/N-ethyl adjacent to an activating group) is 2.